The Kier molecular flexibility index (Phi) is 5.55. The van der Waals surface area contributed by atoms with E-state index in [-0.39, 0.29) is 5.91 Å². The molecule has 2 fully saturated rings. The number of hydrogen-bond donors (Lipinski definition) is 2. The Balaban J connectivity index is 1.65. The highest BCUT2D eigenvalue weighted by Gasteiger charge is 2.41. The second-order valence-corrected chi connectivity index (χ2v) is 6.80. The number of carbonyl (C=O) groups excluding carboxylic acids is 2. The molecule has 136 valence electrons. The van der Waals surface area contributed by atoms with Crippen molar-refractivity contribution in [2.75, 3.05) is 44.7 Å². The highest BCUT2D eigenvalue weighted by molar-refractivity contribution is 5.90. The number of nitrogens with one attached hydrogen (secondary N) is 1. The minimum atomic E-state index is -0.497. The van der Waals surface area contributed by atoms with Crippen molar-refractivity contribution in [2.24, 2.45) is 5.92 Å². The number of piperidine rings is 1. The van der Waals surface area contributed by atoms with E-state index in [1.165, 1.54) is 5.69 Å². The van der Waals surface area contributed by atoms with E-state index in [1.54, 1.807) is 5.48 Å². The molecule has 2 atom stereocenters. The van der Waals surface area contributed by atoms with E-state index in [0.29, 0.717) is 19.5 Å². The van der Waals surface area contributed by atoms with E-state index in [9.17, 15) is 9.59 Å². The average Bonchev–Trinajstić information content (AvgIpc) is 2.67. The zero-order valence-electron chi connectivity index (χ0n) is 14.6. The molecule has 0 aromatic heterocycles. The molecule has 1 aromatic rings. The van der Waals surface area contributed by atoms with Gasteiger partial charge in [-0.2, -0.15) is 0 Å². The normalized spacial score (nSPS) is 24.9. The van der Waals surface area contributed by atoms with Crippen LogP contribution in [0.4, 0.5) is 5.69 Å². The summed E-state index contributed by atoms with van der Waals surface area (Å²) in [6.07, 6.45) is 1.47. The summed E-state index contributed by atoms with van der Waals surface area (Å²) in [6.45, 7) is 3.64. The quantitative estimate of drug-likeness (QED) is 0.618. The van der Waals surface area contributed by atoms with Gasteiger partial charge in [-0.1, -0.05) is 18.2 Å². The van der Waals surface area contributed by atoms with Gasteiger partial charge in [0.05, 0.1) is 5.92 Å². The Morgan fingerprint density at radius 1 is 1.08 bits per heavy atom. The molecule has 2 N–H and O–H groups in total. The summed E-state index contributed by atoms with van der Waals surface area (Å²) in [6, 6.07) is 9.68. The fraction of sp³-hybridized carbons (Fsp3) is 0.556. The van der Waals surface area contributed by atoms with Gasteiger partial charge in [-0.15, -0.1) is 0 Å². The van der Waals surface area contributed by atoms with Gasteiger partial charge in [0.2, 0.25) is 11.8 Å². The second-order valence-electron chi connectivity index (χ2n) is 6.80. The molecule has 3 rings (SSSR count). The summed E-state index contributed by atoms with van der Waals surface area (Å²) in [7, 11) is 1.87. The molecule has 0 aliphatic carbocycles. The lowest BCUT2D eigenvalue weighted by molar-refractivity contribution is -0.148. The number of nitrogens with zero attached hydrogens (tertiary/aromatic N) is 3. The highest BCUT2D eigenvalue weighted by atomic mass is 16.5. The van der Waals surface area contributed by atoms with E-state index >= 15 is 0 Å². The van der Waals surface area contributed by atoms with Crippen LogP contribution in [0.1, 0.15) is 12.8 Å². The van der Waals surface area contributed by atoms with Crippen LogP contribution in [0, 0.1) is 5.92 Å². The number of carbonyl (C=O) groups is 2. The van der Waals surface area contributed by atoms with Gasteiger partial charge >= 0.3 is 0 Å². The van der Waals surface area contributed by atoms with Crippen molar-refractivity contribution >= 4 is 17.5 Å². The van der Waals surface area contributed by atoms with Crippen LogP contribution in [0.3, 0.4) is 0 Å². The van der Waals surface area contributed by atoms with Crippen molar-refractivity contribution in [1.82, 2.24) is 15.3 Å². The molecule has 0 unspecified atom stereocenters. The zero-order chi connectivity index (χ0) is 17.8. The molecule has 7 nitrogen and oxygen atoms in total. The standard InChI is InChI=1S/C18H26N4O3/c1-20-9-5-8-15(17(23)19-25)16(20)18(24)22-12-10-21(11-13-22)14-6-3-2-4-7-14/h2-4,6-7,15-16,25H,5,8-13H2,1H3,(H,19,23)/t15-,16-/m0/s1. The van der Waals surface area contributed by atoms with E-state index in [2.05, 4.69) is 17.0 Å². The van der Waals surface area contributed by atoms with Crippen molar-refractivity contribution in [2.45, 2.75) is 18.9 Å². The number of amides is 2. The third kappa shape index (κ3) is 3.77. The van der Waals surface area contributed by atoms with Crippen LogP contribution >= 0.6 is 0 Å². The SMILES string of the molecule is CN1CCC[C@H](C(=O)NO)[C@H]1C(=O)N1CCN(c2ccccc2)CC1. The van der Waals surface area contributed by atoms with E-state index < -0.39 is 17.9 Å². The Morgan fingerprint density at radius 2 is 1.76 bits per heavy atom. The van der Waals surface area contributed by atoms with Crippen molar-refractivity contribution < 1.29 is 14.8 Å². The Hall–Kier alpha value is -2.12. The Labute approximate surface area is 148 Å². The summed E-state index contributed by atoms with van der Waals surface area (Å²) in [5, 5.41) is 8.99. The molecular formula is C18H26N4O3. The number of anilines is 1. The Bertz CT molecular complexity index is 602. The number of piperazine rings is 1. The number of rotatable bonds is 3. The maximum absolute atomic E-state index is 13.0. The van der Waals surface area contributed by atoms with E-state index in [1.807, 2.05) is 35.0 Å². The molecule has 2 aliphatic heterocycles. The largest absolute Gasteiger partial charge is 0.368 e. The fourth-order valence-electron chi connectivity index (χ4n) is 3.89. The fourth-order valence-corrected chi connectivity index (χ4v) is 3.89. The van der Waals surface area contributed by atoms with Crippen LogP contribution in [-0.2, 0) is 9.59 Å². The first-order valence-corrected chi connectivity index (χ1v) is 8.85. The number of hydrogen-bond acceptors (Lipinski definition) is 5. The van der Waals surface area contributed by atoms with Crippen LogP contribution in [0.2, 0.25) is 0 Å². The highest BCUT2D eigenvalue weighted by Crippen LogP contribution is 2.25. The molecule has 2 aliphatic rings. The van der Waals surface area contributed by atoms with Crippen LogP contribution in [0.25, 0.3) is 0 Å². The predicted molar refractivity (Wildman–Crippen MR) is 94.3 cm³/mol. The van der Waals surface area contributed by atoms with E-state index in [0.717, 1.165) is 26.1 Å². The molecular weight excluding hydrogens is 320 g/mol. The first-order valence-electron chi connectivity index (χ1n) is 8.85. The zero-order valence-corrected chi connectivity index (χ0v) is 14.6. The minimum absolute atomic E-state index is 0.0106. The maximum Gasteiger partial charge on any atom is 0.248 e. The van der Waals surface area contributed by atoms with Crippen molar-refractivity contribution in [3.63, 3.8) is 0 Å². The summed E-state index contributed by atoms with van der Waals surface area (Å²) in [4.78, 5) is 31.1. The topological polar surface area (TPSA) is 76.1 Å². The smallest absolute Gasteiger partial charge is 0.248 e. The number of para-hydroxylation sites is 1. The molecule has 7 heteroatoms. The molecule has 2 amide bonds. The van der Waals surface area contributed by atoms with Gasteiger partial charge in [0.1, 0.15) is 6.04 Å². The van der Waals surface area contributed by atoms with Crippen LogP contribution < -0.4 is 10.4 Å². The van der Waals surface area contributed by atoms with Crippen molar-refractivity contribution in [1.29, 1.82) is 0 Å². The summed E-state index contributed by atoms with van der Waals surface area (Å²) in [5.41, 5.74) is 2.90. The number of hydroxylamine groups is 1. The molecule has 0 saturated carbocycles. The summed E-state index contributed by atoms with van der Waals surface area (Å²) < 4.78 is 0. The van der Waals surface area contributed by atoms with Crippen molar-refractivity contribution in [3.8, 4) is 0 Å². The van der Waals surface area contributed by atoms with Crippen LogP contribution in [-0.4, -0.2) is 72.6 Å². The van der Waals surface area contributed by atoms with Gasteiger partial charge in [-0.3, -0.25) is 19.7 Å². The van der Waals surface area contributed by atoms with Gasteiger partial charge in [0.15, 0.2) is 0 Å². The maximum atomic E-state index is 13.0. The third-order valence-electron chi connectivity index (χ3n) is 5.29. The average molecular weight is 346 g/mol. The predicted octanol–water partition coefficient (Wildman–Crippen LogP) is 0.551. The third-order valence-corrected chi connectivity index (χ3v) is 5.29. The summed E-state index contributed by atoms with van der Waals surface area (Å²) in [5.74, 6) is -0.972. The Morgan fingerprint density at radius 3 is 2.40 bits per heavy atom. The molecule has 2 saturated heterocycles. The first-order chi connectivity index (χ1) is 12.1. The summed E-state index contributed by atoms with van der Waals surface area (Å²) >= 11 is 0. The van der Waals surface area contributed by atoms with Crippen LogP contribution in [0.15, 0.2) is 30.3 Å². The minimum Gasteiger partial charge on any atom is -0.368 e. The van der Waals surface area contributed by atoms with Crippen LogP contribution in [0.5, 0.6) is 0 Å². The monoisotopic (exact) mass is 346 g/mol. The van der Waals surface area contributed by atoms with Gasteiger partial charge in [-0.25, -0.2) is 5.48 Å². The molecule has 25 heavy (non-hydrogen) atoms. The molecule has 0 spiro atoms. The molecule has 1 aromatic carbocycles. The van der Waals surface area contributed by atoms with Gasteiger partial charge < -0.3 is 9.80 Å². The lowest BCUT2D eigenvalue weighted by Gasteiger charge is -2.42. The molecule has 0 bridgehead atoms. The van der Waals surface area contributed by atoms with Crippen molar-refractivity contribution in [3.05, 3.63) is 30.3 Å². The number of likely N-dealkylation sites (N-methyl/N-ethyl adjacent to an activating group) is 1. The lowest BCUT2D eigenvalue weighted by Crippen LogP contribution is -2.59. The van der Waals surface area contributed by atoms with Gasteiger partial charge in [-0.05, 0) is 38.6 Å². The number of benzene rings is 1. The second kappa shape index (κ2) is 7.84. The first kappa shape index (κ1) is 17.7. The molecule has 0 radical (unpaired) electrons. The number of likely N-dealkylation sites (tertiary alicyclic amines) is 1. The van der Waals surface area contributed by atoms with E-state index in [4.69, 9.17) is 5.21 Å². The van der Waals surface area contributed by atoms with Gasteiger partial charge in [0.25, 0.3) is 0 Å². The molecule has 2 heterocycles. The van der Waals surface area contributed by atoms with Gasteiger partial charge in [0, 0.05) is 31.9 Å². The lowest BCUT2D eigenvalue weighted by atomic mass is 9.87.